The molecule has 1 amide bonds. The van der Waals surface area contributed by atoms with Crippen molar-refractivity contribution in [3.63, 3.8) is 0 Å². The average molecular weight is 293 g/mol. The summed E-state index contributed by atoms with van der Waals surface area (Å²) >= 11 is 1.50. The number of rotatable bonds is 2. The molecular weight excluding hydrogens is 270 g/mol. The fourth-order valence-corrected chi connectivity index (χ4v) is 4.76. The minimum atomic E-state index is 0.000932. The Balaban J connectivity index is 1.80. The lowest BCUT2D eigenvalue weighted by molar-refractivity contribution is -0.118. The largest absolute Gasteiger partial charge is 0.303 e. The second-order valence-corrected chi connectivity index (χ2v) is 8.14. The van der Waals surface area contributed by atoms with E-state index >= 15 is 0 Å². The highest BCUT2D eigenvalue weighted by Crippen LogP contribution is 2.64. The molecule has 2 bridgehead atoms. The maximum atomic E-state index is 11.6. The van der Waals surface area contributed by atoms with Crippen molar-refractivity contribution in [3.05, 3.63) is 0 Å². The standard InChI is InChI=1S/C15H23N3OS/c1-5-10-12(19)16-13(20-10)18-17-11-8-9-6-7-15(11,4)14(9,2)3/h9-10H,5-8H2,1-4H3,(H,16,18,19)/b17-11+. The summed E-state index contributed by atoms with van der Waals surface area (Å²) in [6, 6.07) is 0. The van der Waals surface area contributed by atoms with Gasteiger partial charge in [0.2, 0.25) is 5.91 Å². The van der Waals surface area contributed by atoms with Crippen molar-refractivity contribution in [2.24, 2.45) is 27.0 Å². The normalized spacial score (nSPS) is 42.7. The van der Waals surface area contributed by atoms with Gasteiger partial charge in [-0.05, 0) is 37.0 Å². The van der Waals surface area contributed by atoms with E-state index in [1.807, 2.05) is 6.92 Å². The number of carbonyl (C=O) groups is 1. The van der Waals surface area contributed by atoms with E-state index < -0.39 is 0 Å². The van der Waals surface area contributed by atoms with E-state index in [0.717, 1.165) is 18.8 Å². The summed E-state index contributed by atoms with van der Waals surface area (Å²) in [5.74, 6) is 0.802. The molecule has 1 saturated heterocycles. The van der Waals surface area contributed by atoms with Crippen LogP contribution >= 0.6 is 11.8 Å². The van der Waals surface area contributed by atoms with Gasteiger partial charge in [0.05, 0.1) is 5.25 Å². The Morgan fingerprint density at radius 1 is 1.35 bits per heavy atom. The number of nitrogens with one attached hydrogen (secondary N) is 1. The number of thioether (sulfide) groups is 1. The fraction of sp³-hybridized carbons (Fsp3) is 0.800. The molecule has 3 unspecified atom stereocenters. The molecule has 3 atom stereocenters. The van der Waals surface area contributed by atoms with Gasteiger partial charge in [0.25, 0.3) is 0 Å². The number of amides is 1. The zero-order valence-corrected chi connectivity index (χ0v) is 13.5. The van der Waals surface area contributed by atoms with Crippen LogP contribution in [-0.4, -0.2) is 22.0 Å². The first kappa shape index (κ1) is 14.1. The predicted octanol–water partition coefficient (Wildman–Crippen LogP) is 3.19. The number of hydrogen-bond donors (Lipinski definition) is 1. The van der Waals surface area contributed by atoms with Gasteiger partial charge in [-0.15, -0.1) is 5.10 Å². The lowest BCUT2D eigenvalue weighted by Gasteiger charge is -2.34. The third-order valence-corrected chi connectivity index (χ3v) is 7.16. The zero-order valence-electron chi connectivity index (χ0n) is 12.7. The second-order valence-electron chi connectivity index (χ2n) is 6.95. The molecule has 2 aliphatic carbocycles. The number of hydrogen-bond acceptors (Lipinski definition) is 4. The van der Waals surface area contributed by atoms with Crippen LogP contribution in [0.1, 0.15) is 53.4 Å². The van der Waals surface area contributed by atoms with Crippen molar-refractivity contribution in [1.29, 1.82) is 0 Å². The highest BCUT2D eigenvalue weighted by molar-refractivity contribution is 8.15. The quantitative estimate of drug-likeness (QED) is 0.795. The fourth-order valence-electron chi connectivity index (χ4n) is 3.91. The minimum Gasteiger partial charge on any atom is -0.303 e. The molecule has 110 valence electrons. The smallest absolute Gasteiger partial charge is 0.239 e. The molecular formula is C15H23N3OS. The summed E-state index contributed by atoms with van der Waals surface area (Å²) in [4.78, 5) is 11.6. The van der Waals surface area contributed by atoms with Gasteiger partial charge in [0.1, 0.15) is 0 Å². The summed E-state index contributed by atoms with van der Waals surface area (Å²) < 4.78 is 0. The molecule has 20 heavy (non-hydrogen) atoms. The van der Waals surface area contributed by atoms with Crippen LogP contribution in [-0.2, 0) is 4.79 Å². The average Bonchev–Trinajstić information content (AvgIpc) is 2.93. The van der Waals surface area contributed by atoms with Crippen LogP contribution in [0.4, 0.5) is 0 Å². The second kappa shape index (κ2) is 4.58. The number of carbonyl (C=O) groups excluding carboxylic acids is 1. The van der Waals surface area contributed by atoms with Gasteiger partial charge in [-0.3, -0.25) is 4.79 Å². The van der Waals surface area contributed by atoms with Crippen molar-refractivity contribution < 1.29 is 4.79 Å². The monoisotopic (exact) mass is 293 g/mol. The molecule has 1 N–H and O–H groups in total. The number of nitrogens with zero attached hydrogens (tertiary/aromatic N) is 2. The molecule has 3 aliphatic rings. The Labute approximate surface area is 124 Å². The van der Waals surface area contributed by atoms with E-state index in [2.05, 4.69) is 36.3 Å². The van der Waals surface area contributed by atoms with Crippen LogP contribution in [0.15, 0.2) is 10.2 Å². The van der Waals surface area contributed by atoms with Gasteiger partial charge >= 0.3 is 0 Å². The van der Waals surface area contributed by atoms with Crippen LogP contribution in [0.25, 0.3) is 0 Å². The van der Waals surface area contributed by atoms with E-state index in [9.17, 15) is 4.79 Å². The summed E-state index contributed by atoms with van der Waals surface area (Å²) in [5, 5.41) is 12.3. The topological polar surface area (TPSA) is 53.8 Å². The van der Waals surface area contributed by atoms with E-state index in [1.165, 1.54) is 30.3 Å². The third-order valence-electron chi connectivity index (χ3n) is 5.92. The van der Waals surface area contributed by atoms with Gasteiger partial charge in [-0.25, -0.2) is 0 Å². The molecule has 0 spiro atoms. The van der Waals surface area contributed by atoms with E-state index in [1.54, 1.807) is 0 Å². The maximum Gasteiger partial charge on any atom is 0.239 e. The van der Waals surface area contributed by atoms with E-state index in [0.29, 0.717) is 10.6 Å². The maximum absolute atomic E-state index is 11.6. The Hall–Kier alpha value is -0.840. The van der Waals surface area contributed by atoms with Crippen molar-refractivity contribution in [1.82, 2.24) is 5.32 Å². The van der Waals surface area contributed by atoms with Crippen molar-refractivity contribution in [2.75, 3.05) is 0 Å². The van der Waals surface area contributed by atoms with Crippen molar-refractivity contribution >= 4 is 28.5 Å². The first-order chi connectivity index (χ1) is 9.38. The molecule has 1 aliphatic heterocycles. The van der Waals surface area contributed by atoms with Crippen LogP contribution in [0, 0.1) is 16.7 Å². The Bertz CT molecular complexity index is 511. The van der Waals surface area contributed by atoms with Gasteiger partial charge in [-0.2, -0.15) is 5.10 Å². The van der Waals surface area contributed by atoms with E-state index in [4.69, 9.17) is 0 Å². The predicted molar refractivity (Wildman–Crippen MR) is 83.9 cm³/mol. The lowest BCUT2D eigenvalue weighted by Crippen LogP contribution is -2.32. The van der Waals surface area contributed by atoms with Crippen molar-refractivity contribution in [3.8, 4) is 0 Å². The van der Waals surface area contributed by atoms with E-state index in [-0.39, 0.29) is 16.6 Å². The molecule has 4 nitrogen and oxygen atoms in total. The summed E-state index contributed by atoms with van der Waals surface area (Å²) in [6.45, 7) is 9.07. The number of amidine groups is 1. The SMILES string of the molecule is CCC1S/C(=N/N=C2\CC3CCC2(C)C3(C)C)NC1=O. The molecule has 0 radical (unpaired) electrons. The van der Waals surface area contributed by atoms with Crippen LogP contribution in [0.5, 0.6) is 0 Å². The summed E-state index contributed by atoms with van der Waals surface area (Å²) in [6.07, 6.45) is 4.42. The molecule has 3 rings (SSSR count). The van der Waals surface area contributed by atoms with Gasteiger partial charge in [0, 0.05) is 11.1 Å². The van der Waals surface area contributed by atoms with Crippen LogP contribution < -0.4 is 5.32 Å². The first-order valence-corrected chi connectivity index (χ1v) is 8.39. The Kier molecular flexibility index (Phi) is 3.23. The lowest BCUT2D eigenvalue weighted by atomic mass is 9.70. The highest BCUT2D eigenvalue weighted by atomic mass is 32.2. The van der Waals surface area contributed by atoms with Crippen molar-refractivity contribution in [2.45, 2.75) is 58.6 Å². The molecule has 1 heterocycles. The minimum absolute atomic E-state index is 0.000932. The number of fused-ring (bicyclic) bond motifs is 2. The summed E-state index contributed by atoms with van der Waals surface area (Å²) in [5.41, 5.74) is 1.73. The molecule has 0 aromatic rings. The molecule has 0 aromatic heterocycles. The Morgan fingerprint density at radius 3 is 2.60 bits per heavy atom. The van der Waals surface area contributed by atoms with Gasteiger partial charge in [0.15, 0.2) is 5.17 Å². The van der Waals surface area contributed by atoms with Crippen LogP contribution in [0.2, 0.25) is 0 Å². The van der Waals surface area contributed by atoms with Crippen LogP contribution in [0.3, 0.4) is 0 Å². The third kappa shape index (κ3) is 1.85. The zero-order chi connectivity index (χ0) is 14.5. The first-order valence-electron chi connectivity index (χ1n) is 7.51. The molecule has 3 fully saturated rings. The summed E-state index contributed by atoms with van der Waals surface area (Å²) in [7, 11) is 0. The molecule has 5 heteroatoms. The van der Waals surface area contributed by atoms with Gasteiger partial charge < -0.3 is 5.32 Å². The molecule has 0 aromatic carbocycles. The highest BCUT2D eigenvalue weighted by Gasteiger charge is 2.60. The Morgan fingerprint density at radius 2 is 2.10 bits per heavy atom. The van der Waals surface area contributed by atoms with Gasteiger partial charge in [-0.1, -0.05) is 39.5 Å². The molecule has 2 saturated carbocycles.